The molecular weight excluding hydrogens is 242 g/mol. The minimum absolute atomic E-state index is 0.0594. The first-order chi connectivity index (χ1) is 9.17. The van der Waals surface area contributed by atoms with Crippen LogP contribution < -0.4 is 0 Å². The number of hydrogen-bond acceptors (Lipinski definition) is 4. The monoisotopic (exact) mass is 259 g/mol. The number of carbonyl (C=O) groups is 1. The highest BCUT2D eigenvalue weighted by Gasteiger charge is 2.18. The Hall–Kier alpha value is -2.07. The molecule has 0 aliphatic carbocycles. The average molecular weight is 259 g/mol. The van der Waals surface area contributed by atoms with Crippen molar-refractivity contribution in [2.75, 3.05) is 13.1 Å². The van der Waals surface area contributed by atoms with Crippen molar-refractivity contribution in [3.8, 4) is 5.75 Å². The van der Waals surface area contributed by atoms with Gasteiger partial charge in [0.2, 0.25) is 0 Å². The molecule has 0 fully saturated rings. The molecule has 0 aliphatic heterocycles. The number of fused-ring (bicyclic) bond motifs is 1. The van der Waals surface area contributed by atoms with Gasteiger partial charge in [-0.05, 0) is 25.3 Å². The van der Waals surface area contributed by atoms with E-state index < -0.39 is 5.97 Å². The van der Waals surface area contributed by atoms with E-state index in [1.165, 1.54) is 6.07 Å². The zero-order valence-electron chi connectivity index (χ0n) is 11.1. The Morgan fingerprint density at radius 1 is 1.16 bits per heavy atom. The van der Waals surface area contributed by atoms with Crippen molar-refractivity contribution in [1.82, 2.24) is 5.06 Å². The van der Waals surface area contributed by atoms with Crippen LogP contribution in [0.25, 0.3) is 10.8 Å². The number of hydrogen-bond donors (Lipinski definition) is 1. The molecule has 2 aromatic carbocycles. The minimum atomic E-state index is -0.530. The fraction of sp³-hybridized carbons (Fsp3) is 0.267. The van der Waals surface area contributed by atoms with E-state index in [0.29, 0.717) is 18.5 Å². The predicted octanol–water partition coefficient (Wildman–Crippen LogP) is 2.96. The van der Waals surface area contributed by atoms with E-state index >= 15 is 0 Å². The number of rotatable bonds is 4. The Kier molecular flexibility index (Phi) is 4.02. The summed E-state index contributed by atoms with van der Waals surface area (Å²) >= 11 is 0. The molecule has 0 aromatic heterocycles. The summed E-state index contributed by atoms with van der Waals surface area (Å²) in [7, 11) is 0. The van der Waals surface area contributed by atoms with Crippen LogP contribution in [0.1, 0.15) is 24.2 Å². The second kappa shape index (κ2) is 5.71. The van der Waals surface area contributed by atoms with E-state index in [9.17, 15) is 9.90 Å². The second-order valence-corrected chi connectivity index (χ2v) is 4.17. The molecule has 0 bridgehead atoms. The molecule has 2 aromatic rings. The summed E-state index contributed by atoms with van der Waals surface area (Å²) in [4.78, 5) is 17.4. The van der Waals surface area contributed by atoms with Gasteiger partial charge in [0.15, 0.2) is 0 Å². The van der Waals surface area contributed by atoms with Gasteiger partial charge in [-0.2, -0.15) is 0 Å². The molecule has 19 heavy (non-hydrogen) atoms. The lowest BCUT2D eigenvalue weighted by atomic mass is 10.0. The third-order valence-corrected chi connectivity index (χ3v) is 3.03. The fourth-order valence-electron chi connectivity index (χ4n) is 1.99. The third-order valence-electron chi connectivity index (χ3n) is 3.03. The SMILES string of the molecule is CCN(CC)OC(=O)c1c(O)ccc2ccccc12. The number of nitrogens with zero attached hydrogens (tertiary/aromatic N) is 1. The zero-order chi connectivity index (χ0) is 13.8. The number of phenolic OH excluding ortho intramolecular Hbond substituents is 1. The quantitative estimate of drug-likeness (QED) is 0.858. The maximum Gasteiger partial charge on any atom is 0.361 e. The van der Waals surface area contributed by atoms with E-state index in [-0.39, 0.29) is 11.3 Å². The van der Waals surface area contributed by atoms with Gasteiger partial charge in [0.25, 0.3) is 0 Å². The first-order valence-corrected chi connectivity index (χ1v) is 6.35. The highest BCUT2D eigenvalue weighted by atomic mass is 16.7. The molecule has 1 N–H and O–H groups in total. The van der Waals surface area contributed by atoms with Crippen LogP contribution in [0.2, 0.25) is 0 Å². The Morgan fingerprint density at radius 3 is 2.53 bits per heavy atom. The van der Waals surface area contributed by atoms with Gasteiger partial charge in [-0.3, -0.25) is 0 Å². The van der Waals surface area contributed by atoms with Crippen molar-refractivity contribution < 1.29 is 14.7 Å². The van der Waals surface area contributed by atoms with E-state index in [2.05, 4.69) is 0 Å². The van der Waals surface area contributed by atoms with Crippen molar-refractivity contribution in [3.05, 3.63) is 42.0 Å². The van der Waals surface area contributed by atoms with Crippen molar-refractivity contribution in [2.24, 2.45) is 0 Å². The third kappa shape index (κ3) is 2.69. The molecule has 0 spiro atoms. The van der Waals surface area contributed by atoms with E-state index in [0.717, 1.165) is 5.39 Å². The lowest BCUT2D eigenvalue weighted by Crippen LogP contribution is -2.27. The molecule has 0 heterocycles. The minimum Gasteiger partial charge on any atom is -0.507 e. The molecule has 0 saturated carbocycles. The normalized spacial score (nSPS) is 10.9. The van der Waals surface area contributed by atoms with Gasteiger partial charge in [-0.1, -0.05) is 30.3 Å². The van der Waals surface area contributed by atoms with Crippen LogP contribution in [0.15, 0.2) is 36.4 Å². The first-order valence-electron chi connectivity index (χ1n) is 6.35. The Bertz CT molecular complexity index is 591. The van der Waals surface area contributed by atoms with Gasteiger partial charge in [0.1, 0.15) is 11.3 Å². The molecule has 0 saturated heterocycles. The fourth-order valence-corrected chi connectivity index (χ4v) is 1.99. The summed E-state index contributed by atoms with van der Waals surface area (Å²) in [6, 6.07) is 10.7. The van der Waals surface area contributed by atoms with Crippen LogP contribution in [0, 0.1) is 0 Å². The zero-order valence-corrected chi connectivity index (χ0v) is 11.1. The molecule has 4 nitrogen and oxygen atoms in total. The van der Waals surface area contributed by atoms with Gasteiger partial charge < -0.3 is 9.94 Å². The maximum absolute atomic E-state index is 12.2. The lowest BCUT2D eigenvalue weighted by Gasteiger charge is -2.18. The number of carbonyl (C=O) groups excluding carboxylic acids is 1. The van der Waals surface area contributed by atoms with Gasteiger partial charge in [0.05, 0.1) is 0 Å². The van der Waals surface area contributed by atoms with E-state index in [1.807, 2.05) is 32.0 Å². The molecule has 0 amide bonds. The lowest BCUT2D eigenvalue weighted by molar-refractivity contribution is -0.103. The number of aromatic hydroxyl groups is 1. The molecule has 2 rings (SSSR count). The van der Waals surface area contributed by atoms with Gasteiger partial charge in [-0.15, -0.1) is 5.06 Å². The first kappa shape index (κ1) is 13.4. The Balaban J connectivity index is 2.43. The Morgan fingerprint density at radius 2 is 1.84 bits per heavy atom. The summed E-state index contributed by atoms with van der Waals surface area (Å²) < 4.78 is 0. The van der Waals surface area contributed by atoms with Crippen molar-refractivity contribution in [2.45, 2.75) is 13.8 Å². The predicted molar refractivity (Wildman–Crippen MR) is 73.9 cm³/mol. The topological polar surface area (TPSA) is 49.8 Å². The highest BCUT2D eigenvalue weighted by molar-refractivity contribution is 6.06. The van der Waals surface area contributed by atoms with Crippen LogP contribution in [-0.2, 0) is 4.84 Å². The smallest absolute Gasteiger partial charge is 0.361 e. The summed E-state index contributed by atoms with van der Waals surface area (Å²) in [6.07, 6.45) is 0. The molecule has 4 heteroatoms. The van der Waals surface area contributed by atoms with Gasteiger partial charge >= 0.3 is 5.97 Å². The van der Waals surface area contributed by atoms with Crippen molar-refractivity contribution in [3.63, 3.8) is 0 Å². The standard InChI is InChI=1S/C15H17NO3/c1-3-16(4-2)19-15(18)14-12-8-6-5-7-11(12)9-10-13(14)17/h5-10,17H,3-4H2,1-2H3. The number of hydroxylamine groups is 2. The molecule has 0 unspecified atom stereocenters. The van der Waals surface area contributed by atoms with Gasteiger partial charge in [-0.25, -0.2) is 4.79 Å². The Labute approximate surface area is 112 Å². The summed E-state index contributed by atoms with van der Waals surface area (Å²) in [5.41, 5.74) is 0.213. The van der Waals surface area contributed by atoms with Crippen LogP contribution in [0.4, 0.5) is 0 Å². The van der Waals surface area contributed by atoms with Gasteiger partial charge in [0, 0.05) is 18.5 Å². The number of benzene rings is 2. The second-order valence-electron chi connectivity index (χ2n) is 4.17. The highest BCUT2D eigenvalue weighted by Crippen LogP contribution is 2.27. The maximum atomic E-state index is 12.2. The van der Waals surface area contributed by atoms with Crippen LogP contribution in [0.3, 0.4) is 0 Å². The van der Waals surface area contributed by atoms with Crippen molar-refractivity contribution in [1.29, 1.82) is 0 Å². The average Bonchev–Trinajstić information content (AvgIpc) is 2.44. The molecule has 0 aliphatic rings. The summed E-state index contributed by atoms with van der Waals surface area (Å²) in [5.74, 6) is -0.589. The molecule has 100 valence electrons. The molecule has 0 atom stereocenters. The number of phenols is 1. The summed E-state index contributed by atoms with van der Waals surface area (Å²) in [6.45, 7) is 5.01. The van der Waals surface area contributed by atoms with E-state index in [4.69, 9.17) is 4.84 Å². The van der Waals surface area contributed by atoms with Crippen LogP contribution >= 0.6 is 0 Å². The van der Waals surface area contributed by atoms with Crippen molar-refractivity contribution >= 4 is 16.7 Å². The summed E-state index contributed by atoms with van der Waals surface area (Å²) in [5, 5.41) is 13.1. The molecular formula is C15H17NO3. The largest absolute Gasteiger partial charge is 0.507 e. The molecule has 0 radical (unpaired) electrons. The van der Waals surface area contributed by atoms with Crippen LogP contribution in [-0.4, -0.2) is 29.2 Å². The van der Waals surface area contributed by atoms with E-state index in [1.54, 1.807) is 17.2 Å². The van der Waals surface area contributed by atoms with Crippen LogP contribution in [0.5, 0.6) is 5.75 Å².